The molecule has 0 saturated heterocycles. The lowest BCUT2D eigenvalue weighted by Crippen LogP contribution is -1.95. The smallest absolute Gasteiger partial charge is 0.0950 e. The molecule has 0 bridgehead atoms. The molecular weight excluding hydrogens is 144 g/mol. The summed E-state index contributed by atoms with van der Waals surface area (Å²) in [4.78, 5) is 4.18. The lowest BCUT2D eigenvalue weighted by Gasteiger charge is -1.94. The highest BCUT2D eigenvalue weighted by atomic mass is 32.2. The van der Waals surface area contributed by atoms with Crippen LogP contribution in [-0.2, 0) is 0 Å². The number of rotatable bonds is 0. The highest BCUT2D eigenvalue weighted by Gasteiger charge is 2.09. The highest BCUT2D eigenvalue weighted by molar-refractivity contribution is 8.00. The van der Waals surface area contributed by atoms with Crippen molar-refractivity contribution in [2.24, 2.45) is 4.99 Å². The predicted molar refractivity (Wildman–Crippen MR) is 44.5 cm³/mol. The average Bonchev–Trinajstić information content (AvgIpc) is 2.28. The van der Waals surface area contributed by atoms with E-state index in [0.29, 0.717) is 0 Å². The molecule has 0 fully saturated rings. The highest BCUT2D eigenvalue weighted by Crippen LogP contribution is 2.23. The summed E-state index contributed by atoms with van der Waals surface area (Å²) in [6.45, 7) is 0. The number of nitrogens with one attached hydrogen (secondary N) is 1. The first-order valence-electron chi connectivity index (χ1n) is 3.00. The fourth-order valence-corrected chi connectivity index (χ4v) is 1.47. The summed E-state index contributed by atoms with van der Waals surface area (Å²) in [5.74, 6) is 0. The predicted octanol–water partition coefficient (Wildman–Crippen LogP) is 1.60. The van der Waals surface area contributed by atoms with E-state index in [2.05, 4.69) is 9.71 Å². The molecule has 0 spiro atoms. The third kappa shape index (κ3) is 0.885. The molecule has 0 aromatic rings. The second-order valence-electron chi connectivity index (χ2n) is 1.97. The number of aliphatic imine (C=N–C) groups is 1. The van der Waals surface area contributed by atoms with Crippen molar-refractivity contribution in [1.82, 2.24) is 4.72 Å². The molecule has 2 rings (SSSR count). The van der Waals surface area contributed by atoms with E-state index in [4.69, 9.17) is 0 Å². The van der Waals surface area contributed by atoms with Crippen molar-refractivity contribution in [1.29, 1.82) is 0 Å². The maximum absolute atomic E-state index is 4.18. The summed E-state index contributed by atoms with van der Waals surface area (Å²) < 4.78 is 3.12. The van der Waals surface area contributed by atoms with Crippen molar-refractivity contribution in [3.05, 3.63) is 35.0 Å². The maximum atomic E-state index is 4.18. The third-order valence-corrected chi connectivity index (χ3v) is 1.97. The van der Waals surface area contributed by atoms with E-state index >= 15 is 0 Å². The van der Waals surface area contributed by atoms with Gasteiger partial charge in [0, 0.05) is 11.6 Å². The van der Waals surface area contributed by atoms with Crippen molar-refractivity contribution in [2.75, 3.05) is 0 Å². The van der Waals surface area contributed by atoms with Gasteiger partial charge in [-0.1, -0.05) is 6.08 Å². The minimum atomic E-state index is 1.02. The van der Waals surface area contributed by atoms with E-state index < -0.39 is 0 Å². The van der Waals surface area contributed by atoms with Gasteiger partial charge < -0.3 is 4.72 Å². The standard InChI is InChI=1S/C7H6N2S/c1-2-4-8-7-5-10-9-6(7)3-1/h1-5,9H. The molecule has 3 heteroatoms. The van der Waals surface area contributed by atoms with Gasteiger partial charge >= 0.3 is 0 Å². The molecule has 0 aromatic heterocycles. The Morgan fingerprint density at radius 3 is 3.40 bits per heavy atom. The third-order valence-electron chi connectivity index (χ3n) is 1.29. The Morgan fingerprint density at radius 2 is 2.40 bits per heavy atom. The average molecular weight is 150 g/mol. The van der Waals surface area contributed by atoms with Crippen LogP contribution in [0.1, 0.15) is 0 Å². The van der Waals surface area contributed by atoms with E-state index in [1.54, 1.807) is 18.2 Å². The van der Waals surface area contributed by atoms with Gasteiger partial charge in [-0.15, -0.1) is 0 Å². The van der Waals surface area contributed by atoms with Crippen molar-refractivity contribution >= 4 is 18.2 Å². The van der Waals surface area contributed by atoms with Crippen LogP contribution in [0.5, 0.6) is 0 Å². The second kappa shape index (κ2) is 2.34. The SMILES string of the molecule is C1=CC=C2NSC=C2N=C1. The molecule has 0 saturated carbocycles. The number of hydrogen-bond acceptors (Lipinski definition) is 3. The largest absolute Gasteiger partial charge is 0.324 e. The first-order valence-corrected chi connectivity index (χ1v) is 3.88. The lowest BCUT2D eigenvalue weighted by atomic mass is 10.3. The van der Waals surface area contributed by atoms with Crippen LogP contribution in [0.15, 0.2) is 40.0 Å². The quantitative estimate of drug-likeness (QED) is 0.530. The van der Waals surface area contributed by atoms with E-state index in [1.165, 1.54) is 0 Å². The number of allylic oxidation sites excluding steroid dienone is 3. The van der Waals surface area contributed by atoms with Crippen LogP contribution < -0.4 is 4.72 Å². The summed E-state index contributed by atoms with van der Waals surface area (Å²) in [7, 11) is 0. The molecule has 2 heterocycles. The molecule has 0 unspecified atom stereocenters. The molecule has 0 atom stereocenters. The van der Waals surface area contributed by atoms with Crippen molar-refractivity contribution in [3.63, 3.8) is 0 Å². The van der Waals surface area contributed by atoms with Crippen LogP contribution in [0.2, 0.25) is 0 Å². The normalized spacial score (nSPS) is 20.8. The molecule has 10 heavy (non-hydrogen) atoms. The van der Waals surface area contributed by atoms with Crippen LogP contribution in [-0.4, -0.2) is 6.21 Å². The minimum Gasteiger partial charge on any atom is -0.324 e. The van der Waals surface area contributed by atoms with Gasteiger partial charge in [-0.05, 0) is 24.1 Å². The van der Waals surface area contributed by atoms with Gasteiger partial charge in [-0.2, -0.15) is 0 Å². The van der Waals surface area contributed by atoms with Crippen LogP contribution in [0.4, 0.5) is 0 Å². The summed E-state index contributed by atoms with van der Waals surface area (Å²) in [6, 6.07) is 0. The zero-order valence-electron chi connectivity index (χ0n) is 5.24. The molecular formula is C7H6N2S. The number of fused-ring (bicyclic) bond motifs is 1. The van der Waals surface area contributed by atoms with Gasteiger partial charge in [0.2, 0.25) is 0 Å². The molecule has 0 aromatic carbocycles. The maximum Gasteiger partial charge on any atom is 0.0950 e. The lowest BCUT2D eigenvalue weighted by molar-refractivity contribution is 1.21. The van der Waals surface area contributed by atoms with E-state index in [0.717, 1.165) is 11.4 Å². The summed E-state index contributed by atoms with van der Waals surface area (Å²) >= 11 is 1.56. The molecule has 2 nitrogen and oxygen atoms in total. The molecule has 0 aliphatic carbocycles. The summed E-state index contributed by atoms with van der Waals surface area (Å²) in [5.41, 5.74) is 2.12. The zero-order chi connectivity index (χ0) is 6.81. The van der Waals surface area contributed by atoms with Gasteiger partial charge in [-0.25, -0.2) is 0 Å². The van der Waals surface area contributed by atoms with Crippen molar-refractivity contribution in [2.45, 2.75) is 0 Å². The Hall–Kier alpha value is -0.960. The van der Waals surface area contributed by atoms with Crippen LogP contribution in [0, 0.1) is 0 Å². The Morgan fingerprint density at radius 1 is 1.40 bits per heavy atom. The Labute approximate surface area is 63.6 Å². The minimum absolute atomic E-state index is 1.02. The van der Waals surface area contributed by atoms with Crippen molar-refractivity contribution in [3.8, 4) is 0 Å². The van der Waals surface area contributed by atoms with E-state index in [9.17, 15) is 0 Å². The zero-order valence-corrected chi connectivity index (χ0v) is 6.06. The fraction of sp³-hybridized carbons (Fsp3) is 0. The Bertz CT molecular complexity index is 261. The second-order valence-corrected chi connectivity index (χ2v) is 2.64. The van der Waals surface area contributed by atoms with Crippen LogP contribution in [0.3, 0.4) is 0 Å². The van der Waals surface area contributed by atoms with Crippen LogP contribution >= 0.6 is 11.9 Å². The molecule has 2 aliphatic rings. The van der Waals surface area contributed by atoms with Gasteiger partial charge in [0.05, 0.1) is 11.4 Å². The Kier molecular flexibility index (Phi) is 1.36. The summed E-state index contributed by atoms with van der Waals surface area (Å²) in [6.07, 6.45) is 7.69. The molecule has 0 amide bonds. The molecule has 50 valence electrons. The first-order chi connectivity index (χ1) is 4.97. The monoisotopic (exact) mass is 150 g/mol. The molecule has 2 aliphatic heterocycles. The van der Waals surface area contributed by atoms with Gasteiger partial charge in [-0.3, -0.25) is 4.99 Å². The van der Waals surface area contributed by atoms with Gasteiger partial charge in [0.1, 0.15) is 0 Å². The summed E-state index contributed by atoms with van der Waals surface area (Å²) in [5, 5.41) is 2.00. The molecule has 0 radical (unpaired) electrons. The number of hydrogen-bond donors (Lipinski definition) is 1. The van der Waals surface area contributed by atoms with Gasteiger partial charge in [0.25, 0.3) is 0 Å². The van der Waals surface area contributed by atoms with E-state index in [1.807, 2.05) is 23.6 Å². The topological polar surface area (TPSA) is 24.4 Å². The van der Waals surface area contributed by atoms with E-state index in [-0.39, 0.29) is 0 Å². The van der Waals surface area contributed by atoms with Gasteiger partial charge in [0.15, 0.2) is 0 Å². The van der Waals surface area contributed by atoms with Crippen LogP contribution in [0.25, 0.3) is 0 Å². The van der Waals surface area contributed by atoms with Crippen molar-refractivity contribution < 1.29 is 0 Å². The first kappa shape index (κ1) is 5.80. The molecule has 1 N–H and O–H groups in total. The number of nitrogens with zero attached hydrogens (tertiary/aromatic N) is 1. The fourth-order valence-electron chi connectivity index (χ4n) is 0.809. The Balaban J connectivity index is 2.42.